The van der Waals surface area contributed by atoms with E-state index in [0.717, 1.165) is 11.4 Å². The van der Waals surface area contributed by atoms with E-state index in [9.17, 15) is 9.59 Å². The second-order valence-corrected chi connectivity index (χ2v) is 7.61. The van der Waals surface area contributed by atoms with Gasteiger partial charge in [-0.25, -0.2) is 9.36 Å². The van der Waals surface area contributed by atoms with Crippen LogP contribution in [0, 0.1) is 6.92 Å². The van der Waals surface area contributed by atoms with Crippen molar-refractivity contribution in [1.82, 2.24) is 29.4 Å². The average molecular weight is 442 g/mol. The highest BCUT2D eigenvalue weighted by Crippen LogP contribution is 2.24. The van der Waals surface area contributed by atoms with Crippen molar-refractivity contribution in [1.29, 1.82) is 0 Å². The molecule has 0 atom stereocenters. The molecule has 0 bridgehead atoms. The van der Waals surface area contributed by atoms with E-state index in [2.05, 4.69) is 10.4 Å². The number of amides is 1. The first-order chi connectivity index (χ1) is 16.1. The van der Waals surface area contributed by atoms with Crippen molar-refractivity contribution < 1.29 is 9.21 Å². The average Bonchev–Trinajstić information content (AvgIpc) is 3.58. The zero-order valence-electron chi connectivity index (χ0n) is 18.0. The van der Waals surface area contributed by atoms with Gasteiger partial charge in [0, 0.05) is 25.4 Å². The third-order valence-corrected chi connectivity index (χ3v) is 5.34. The summed E-state index contributed by atoms with van der Waals surface area (Å²) in [7, 11) is 0. The molecule has 0 unspecified atom stereocenters. The lowest BCUT2D eigenvalue weighted by atomic mass is 10.2. The highest BCUT2D eigenvalue weighted by atomic mass is 16.3. The lowest BCUT2D eigenvalue weighted by molar-refractivity contribution is -0.121. The number of furan rings is 1. The zero-order valence-corrected chi connectivity index (χ0v) is 18.0. The minimum atomic E-state index is -0.373. The molecule has 4 aromatic heterocycles. The molecule has 5 rings (SSSR count). The molecule has 166 valence electrons. The summed E-state index contributed by atoms with van der Waals surface area (Å²) in [6.45, 7) is 2.01. The van der Waals surface area contributed by atoms with Crippen LogP contribution in [0.15, 0.2) is 82.5 Å². The molecule has 0 fully saturated rings. The molecule has 1 amide bonds. The molecule has 5 aromatic rings. The fourth-order valence-electron chi connectivity index (χ4n) is 3.80. The maximum Gasteiger partial charge on any atom is 0.280 e. The van der Waals surface area contributed by atoms with Crippen LogP contribution < -0.4 is 10.9 Å². The second kappa shape index (κ2) is 8.62. The summed E-state index contributed by atoms with van der Waals surface area (Å²) in [6.07, 6.45) is 5.88. The van der Waals surface area contributed by atoms with Crippen LogP contribution in [0.5, 0.6) is 0 Å². The van der Waals surface area contributed by atoms with Crippen LogP contribution >= 0.6 is 0 Å². The number of hydrogen-bond acceptors (Lipinski definition) is 5. The predicted octanol–water partition coefficient (Wildman–Crippen LogP) is 2.63. The number of aromatic nitrogens is 5. The summed E-state index contributed by atoms with van der Waals surface area (Å²) in [6, 6.07) is 17.0. The molecule has 9 nitrogen and oxygen atoms in total. The Morgan fingerprint density at radius 2 is 1.82 bits per heavy atom. The van der Waals surface area contributed by atoms with Gasteiger partial charge in [0.2, 0.25) is 5.91 Å². The van der Waals surface area contributed by atoms with Gasteiger partial charge in [-0.05, 0) is 43.3 Å². The smallest absolute Gasteiger partial charge is 0.280 e. The second-order valence-electron chi connectivity index (χ2n) is 7.61. The van der Waals surface area contributed by atoms with Crippen molar-refractivity contribution in [2.24, 2.45) is 0 Å². The number of para-hydroxylation sites is 1. The van der Waals surface area contributed by atoms with Gasteiger partial charge >= 0.3 is 0 Å². The minimum Gasteiger partial charge on any atom is -0.469 e. The number of carbonyl (C=O) groups is 1. The molecule has 0 saturated heterocycles. The van der Waals surface area contributed by atoms with Crippen LogP contribution in [-0.2, 0) is 17.8 Å². The predicted molar refractivity (Wildman–Crippen MR) is 123 cm³/mol. The molecule has 33 heavy (non-hydrogen) atoms. The molecule has 0 radical (unpaired) electrons. The van der Waals surface area contributed by atoms with Crippen LogP contribution in [0.2, 0.25) is 0 Å². The first-order valence-electron chi connectivity index (χ1n) is 10.6. The van der Waals surface area contributed by atoms with E-state index in [1.807, 2.05) is 65.5 Å². The number of carbonyl (C=O) groups excluding carboxylic acids is 1. The summed E-state index contributed by atoms with van der Waals surface area (Å²) in [4.78, 5) is 26.0. The maximum atomic E-state index is 13.5. The van der Waals surface area contributed by atoms with Gasteiger partial charge in [-0.15, -0.1) is 0 Å². The molecule has 0 spiro atoms. The van der Waals surface area contributed by atoms with Gasteiger partial charge in [0.15, 0.2) is 5.82 Å². The fourth-order valence-corrected chi connectivity index (χ4v) is 3.80. The van der Waals surface area contributed by atoms with Crippen LogP contribution in [0.25, 0.3) is 22.4 Å². The van der Waals surface area contributed by atoms with E-state index < -0.39 is 0 Å². The normalized spacial score (nSPS) is 11.2. The van der Waals surface area contributed by atoms with E-state index in [-0.39, 0.29) is 18.0 Å². The number of hydrogen-bond donors (Lipinski definition) is 1. The Morgan fingerprint density at radius 1 is 1.03 bits per heavy atom. The summed E-state index contributed by atoms with van der Waals surface area (Å²) < 4.78 is 10.0. The third-order valence-electron chi connectivity index (χ3n) is 5.34. The van der Waals surface area contributed by atoms with Crippen molar-refractivity contribution in [2.75, 3.05) is 6.54 Å². The van der Waals surface area contributed by atoms with Gasteiger partial charge < -0.3 is 14.3 Å². The maximum absolute atomic E-state index is 13.5. The molecule has 0 saturated carbocycles. The highest BCUT2D eigenvalue weighted by molar-refractivity contribution is 5.88. The number of aryl methyl sites for hydroxylation is 1. The molecular formula is C24H22N6O3. The largest absolute Gasteiger partial charge is 0.469 e. The number of nitrogens with zero attached hydrogens (tertiary/aromatic N) is 5. The minimum absolute atomic E-state index is 0.185. The monoisotopic (exact) mass is 442 g/mol. The first kappa shape index (κ1) is 20.5. The topological polar surface area (TPSA) is 99.9 Å². The first-order valence-corrected chi connectivity index (χ1v) is 10.6. The van der Waals surface area contributed by atoms with Gasteiger partial charge in [-0.2, -0.15) is 10.2 Å². The van der Waals surface area contributed by atoms with E-state index in [4.69, 9.17) is 9.52 Å². The Labute approximate surface area is 188 Å². The van der Waals surface area contributed by atoms with Crippen molar-refractivity contribution in [3.8, 4) is 11.5 Å². The molecule has 1 N–H and O–H groups in total. The molecular weight excluding hydrogens is 420 g/mol. The van der Waals surface area contributed by atoms with Gasteiger partial charge in [-0.1, -0.05) is 18.2 Å². The Bertz CT molecular complexity index is 1450. The summed E-state index contributed by atoms with van der Waals surface area (Å²) >= 11 is 0. The Hall–Kier alpha value is -4.40. The van der Waals surface area contributed by atoms with Gasteiger partial charge in [-0.3, -0.25) is 9.59 Å². The molecule has 4 heterocycles. The number of nitrogens with one attached hydrogen (secondary N) is 1. The number of rotatable bonds is 7. The van der Waals surface area contributed by atoms with Crippen LogP contribution in [-0.4, -0.2) is 36.6 Å². The van der Waals surface area contributed by atoms with E-state index in [1.165, 1.54) is 4.68 Å². The van der Waals surface area contributed by atoms with Gasteiger partial charge in [0.25, 0.3) is 5.56 Å². The SMILES string of the molecule is Cc1nn(CC(=O)NCCc2ccco2)c(=O)c2c(-n3cccc3)n(-c3ccccc3)nc12. The highest BCUT2D eigenvalue weighted by Gasteiger charge is 2.22. The molecule has 0 aliphatic carbocycles. The Kier molecular flexibility index (Phi) is 5.35. The van der Waals surface area contributed by atoms with Crippen molar-refractivity contribution in [2.45, 2.75) is 19.9 Å². The van der Waals surface area contributed by atoms with Gasteiger partial charge in [0.1, 0.15) is 23.2 Å². The van der Waals surface area contributed by atoms with Crippen LogP contribution in [0.3, 0.4) is 0 Å². The fraction of sp³-hybridized carbons (Fsp3) is 0.167. The molecule has 0 aliphatic heterocycles. The molecule has 1 aromatic carbocycles. The summed E-state index contributed by atoms with van der Waals surface area (Å²) in [5, 5.41) is 12.3. The number of fused-ring (bicyclic) bond motifs is 1. The standard InChI is InChI=1S/C24H22N6O3/c1-17-22-21(23(28-13-5-6-14-28)30(27-22)18-8-3-2-4-9-18)24(32)29(26-17)16-20(31)25-12-11-19-10-7-15-33-19/h2-10,13-15H,11-12,16H2,1H3,(H,25,31). The Balaban J connectivity index is 1.53. The third kappa shape index (κ3) is 3.96. The lowest BCUT2D eigenvalue weighted by Gasteiger charge is -2.09. The quantitative estimate of drug-likeness (QED) is 0.418. The van der Waals surface area contributed by atoms with E-state index >= 15 is 0 Å². The number of benzene rings is 1. The summed E-state index contributed by atoms with van der Waals surface area (Å²) in [5.41, 5.74) is 1.51. The molecule has 0 aliphatic rings. The van der Waals surface area contributed by atoms with E-state index in [1.54, 1.807) is 23.9 Å². The molecule has 9 heteroatoms. The van der Waals surface area contributed by atoms with Crippen LogP contribution in [0.4, 0.5) is 0 Å². The van der Waals surface area contributed by atoms with E-state index in [0.29, 0.717) is 35.4 Å². The lowest BCUT2D eigenvalue weighted by Crippen LogP contribution is -2.35. The van der Waals surface area contributed by atoms with Gasteiger partial charge in [0.05, 0.1) is 17.6 Å². The summed E-state index contributed by atoms with van der Waals surface area (Å²) in [5.74, 6) is 1.09. The van der Waals surface area contributed by atoms with Crippen LogP contribution in [0.1, 0.15) is 11.5 Å². The van der Waals surface area contributed by atoms with Crippen molar-refractivity contribution >= 4 is 16.8 Å². The zero-order chi connectivity index (χ0) is 22.8. The van der Waals surface area contributed by atoms with Crippen molar-refractivity contribution in [3.05, 3.63) is 95.1 Å². The van der Waals surface area contributed by atoms with Crippen molar-refractivity contribution in [3.63, 3.8) is 0 Å². The Morgan fingerprint density at radius 3 is 2.55 bits per heavy atom.